The van der Waals surface area contributed by atoms with Crippen LogP contribution >= 0.6 is 23.2 Å². The number of hydrogen-bond acceptors (Lipinski definition) is 1. The van der Waals surface area contributed by atoms with Gasteiger partial charge in [0.25, 0.3) is 0 Å². The van der Waals surface area contributed by atoms with Crippen LogP contribution in [0.5, 0.6) is 0 Å². The van der Waals surface area contributed by atoms with Gasteiger partial charge in [0.2, 0.25) is 0 Å². The summed E-state index contributed by atoms with van der Waals surface area (Å²) in [4.78, 5) is 0. The third-order valence-corrected chi connectivity index (χ3v) is 2.98. The van der Waals surface area contributed by atoms with Crippen LogP contribution in [0, 0.1) is 5.82 Å². The Morgan fingerprint density at radius 3 is 2.47 bits per heavy atom. The molecule has 0 aliphatic carbocycles. The van der Waals surface area contributed by atoms with E-state index in [0.29, 0.717) is 16.1 Å². The molecule has 0 saturated heterocycles. The summed E-state index contributed by atoms with van der Waals surface area (Å²) in [6.45, 7) is 0. The number of hydrogen-bond donors (Lipinski definition) is 1. The summed E-state index contributed by atoms with van der Waals surface area (Å²) >= 11 is 11.7. The lowest BCUT2D eigenvalue weighted by molar-refractivity contribution is 0.220. The molecule has 0 amide bonds. The molecule has 0 aliphatic rings. The van der Waals surface area contributed by atoms with Gasteiger partial charge in [-0.15, -0.1) is 0 Å². The molecule has 1 unspecified atom stereocenters. The van der Waals surface area contributed by atoms with E-state index in [1.165, 1.54) is 18.2 Å². The molecule has 2 aromatic carbocycles. The average Bonchev–Trinajstić information content (AvgIpc) is 2.28. The normalized spacial score (nSPS) is 12.5. The minimum Gasteiger partial charge on any atom is -0.384 e. The highest BCUT2D eigenvalue weighted by Gasteiger charge is 2.14. The Hall–Kier alpha value is -1.09. The first-order chi connectivity index (χ1) is 8.08. The summed E-state index contributed by atoms with van der Waals surface area (Å²) in [6, 6.07) is 10.7. The fourth-order valence-corrected chi connectivity index (χ4v) is 2.05. The first kappa shape index (κ1) is 12.4. The molecule has 0 aromatic heterocycles. The number of halogens is 3. The molecule has 2 rings (SSSR count). The van der Waals surface area contributed by atoms with Crippen molar-refractivity contribution in [2.45, 2.75) is 6.10 Å². The summed E-state index contributed by atoms with van der Waals surface area (Å²) in [7, 11) is 0. The van der Waals surface area contributed by atoms with Gasteiger partial charge in [0.15, 0.2) is 0 Å². The second-order valence-corrected chi connectivity index (χ2v) is 4.47. The highest BCUT2D eigenvalue weighted by molar-refractivity contribution is 6.31. The van der Waals surface area contributed by atoms with Crippen LogP contribution in [0.4, 0.5) is 4.39 Å². The first-order valence-corrected chi connectivity index (χ1v) is 5.72. The van der Waals surface area contributed by atoms with Crippen molar-refractivity contribution >= 4 is 23.2 Å². The Morgan fingerprint density at radius 2 is 1.82 bits per heavy atom. The van der Waals surface area contributed by atoms with Gasteiger partial charge in [-0.25, -0.2) is 4.39 Å². The average molecular weight is 271 g/mol. The predicted molar refractivity (Wildman–Crippen MR) is 66.9 cm³/mol. The third kappa shape index (κ3) is 2.78. The lowest BCUT2D eigenvalue weighted by Gasteiger charge is -2.13. The topological polar surface area (TPSA) is 20.2 Å². The molecule has 0 heterocycles. The summed E-state index contributed by atoms with van der Waals surface area (Å²) in [5.41, 5.74) is 1.07. The number of aliphatic hydroxyl groups excluding tert-OH is 1. The van der Waals surface area contributed by atoms with Crippen LogP contribution in [-0.4, -0.2) is 5.11 Å². The van der Waals surface area contributed by atoms with Crippen LogP contribution in [0.2, 0.25) is 10.0 Å². The maximum Gasteiger partial charge on any atom is 0.124 e. The van der Waals surface area contributed by atoms with Gasteiger partial charge in [-0.2, -0.15) is 0 Å². The van der Waals surface area contributed by atoms with E-state index in [1.807, 2.05) is 0 Å². The zero-order valence-corrected chi connectivity index (χ0v) is 10.2. The Balaban J connectivity index is 2.40. The lowest BCUT2D eigenvalue weighted by Crippen LogP contribution is -2.00. The van der Waals surface area contributed by atoms with Crippen molar-refractivity contribution in [3.05, 3.63) is 69.5 Å². The van der Waals surface area contributed by atoms with Gasteiger partial charge in [0.05, 0.1) is 0 Å². The molecule has 1 N–H and O–H groups in total. The van der Waals surface area contributed by atoms with Gasteiger partial charge >= 0.3 is 0 Å². The van der Waals surface area contributed by atoms with E-state index in [-0.39, 0.29) is 5.02 Å². The minimum absolute atomic E-state index is 0.192. The zero-order chi connectivity index (χ0) is 12.4. The standard InChI is InChI=1S/C13H9Cl2FO/c14-9-3-1-2-8(6-9)13(17)11-5-4-10(16)7-12(11)15/h1-7,13,17H. The Labute approximate surface area is 108 Å². The van der Waals surface area contributed by atoms with E-state index in [9.17, 15) is 9.50 Å². The molecule has 0 saturated carbocycles. The van der Waals surface area contributed by atoms with Gasteiger partial charge in [-0.05, 0) is 29.8 Å². The Kier molecular flexibility index (Phi) is 3.67. The van der Waals surface area contributed by atoms with E-state index in [1.54, 1.807) is 24.3 Å². The molecule has 0 fully saturated rings. The van der Waals surface area contributed by atoms with Gasteiger partial charge < -0.3 is 5.11 Å². The van der Waals surface area contributed by atoms with Gasteiger partial charge in [0.1, 0.15) is 11.9 Å². The van der Waals surface area contributed by atoms with Gasteiger partial charge in [-0.3, -0.25) is 0 Å². The van der Waals surface area contributed by atoms with Crippen molar-refractivity contribution in [3.8, 4) is 0 Å². The van der Waals surface area contributed by atoms with Crippen LogP contribution in [0.3, 0.4) is 0 Å². The quantitative estimate of drug-likeness (QED) is 0.867. The maximum absolute atomic E-state index is 12.9. The highest BCUT2D eigenvalue weighted by atomic mass is 35.5. The number of aliphatic hydroxyl groups is 1. The fraction of sp³-hybridized carbons (Fsp3) is 0.0769. The molecule has 88 valence electrons. The van der Waals surface area contributed by atoms with Crippen molar-refractivity contribution in [3.63, 3.8) is 0 Å². The molecule has 2 aromatic rings. The largest absolute Gasteiger partial charge is 0.384 e. The summed E-state index contributed by atoms with van der Waals surface area (Å²) in [5.74, 6) is -0.433. The zero-order valence-electron chi connectivity index (χ0n) is 8.70. The highest BCUT2D eigenvalue weighted by Crippen LogP contribution is 2.29. The Bertz CT molecular complexity index is 543. The lowest BCUT2D eigenvalue weighted by atomic mass is 10.0. The van der Waals surface area contributed by atoms with Crippen LogP contribution in [0.1, 0.15) is 17.2 Å². The molecular weight excluding hydrogens is 262 g/mol. The third-order valence-electron chi connectivity index (χ3n) is 2.42. The van der Waals surface area contributed by atoms with Crippen molar-refractivity contribution in [2.24, 2.45) is 0 Å². The van der Waals surface area contributed by atoms with Crippen LogP contribution < -0.4 is 0 Å². The molecule has 0 bridgehead atoms. The second kappa shape index (κ2) is 5.05. The maximum atomic E-state index is 12.9. The monoisotopic (exact) mass is 270 g/mol. The van der Waals surface area contributed by atoms with E-state index in [2.05, 4.69) is 0 Å². The first-order valence-electron chi connectivity index (χ1n) is 4.96. The van der Waals surface area contributed by atoms with E-state index >= 15 is 0 Å². The summed E-state index contributed by atoms with van der Waals surface area (Å²) in [6.07, 6.45) is -0.915. The fourth-order valence-electron chi connectivity index (χ4n) is 1.58. The van der Waals surface area contributed by atoms with Crippen LogP contribution in [0.15, 0.2) is 42.5 Å². The molecule has 4 heteroatoms. The summed E-state index contributed by atoms with van der Waals surface area (Å²) < 4.78 is 12.9. The predicted octanol–water partition coefficient (Wildman–Crippen LogP) is 4.21. The van der Waals surface area contributed by atoms with E-state index < -0.39 is 11.9 Å². The van der Waals surface area contributed by atoms with E-state index in [0.717, 1.165) is 0 Å². The SMILES string of the molecule is OC(c1cccc(Cl)c1)c1ccc(F)cc1Cl. The van der Waals surface area contributed by atoms with Crippen molar-refractivity contribution < 1.29 is 9.50 Å². The number of benzene rings is 2. The van der Waals surface area contributed by atoms with Crippen LogP contribution in [0.25, 0.3) is 0 Å². The number of rotatable bonds is 2. The van der Waals surface area contributed by atoms with Gasteiger partial charge in [-0.1, -0.05) is 41.4 Å². The van der Waals surface area contributed by atoms with Crippen molar-refractivity contribution in [1.82, 2.24) is 0 Å². The van der Waals surface area contributed by atoms with Crippen molar-refractivity contribution in [2.75, 3.05) is 0 Å². The van der Waals surface area contributed by atoms with Crippen molar-refractivity contribution in [1.29, 1.82) is 0 Å². The van der Waals surface area contributed by atoms with Crippen LogP contribution in [-0.2, 0) is 0 Å². The van der Waals surface area contributed by atoms with E-state index in [4.69, 9.17) is 23.2 Å². The molecule has 0 radical (unpaired) electrons. The molecule has 0 spiro atoms. The molecule has 1 atom stereocenters. The summed E-state index contributed by atoms with van der Waals surface area (Å²) in [5, 5.41) is 10.8. The minimum atomic E-state index is -0.915. The second-order valence-electron chi connectivity index (χ2n) is 3.62. The molecule has 0 aliphatic heterocycles. The molecular formula is C13H9Cl2FO. The molecule has 1 nitrogen and oxygen atoms in total. The Morgan fingerprint density at radius 1 is 1.06 bits per heavy atom. The molecule has 17 heavy (non-hydrogen) atoms. The smallest absolute Gasteiger partial charge is 0.124 e. The van der Waals surface area contributed by atoms with Gasteiger partial charge in [0, 0.05) is 15.6 Å².